The Morgan fingerprint density at radius 2 is 2.07 bits per heavy atom. The number of piperazine rings is 1. The van der Waals surface area contributed by atoms with Crippen LogP contribution in [0.3, 0.4) is 0 Å². The Bertz CT molecular complexity index is 1050. The molecule has 2 fully saturated rings. The molecule has 0 saturated carbocycles. The van der Waals surface area contributed by atoms with Crippen molar-refractivity contribution in [3.8, 4) is 0 Å². The molecule has 0 aromatic heterocycles. The van der Waals surface area contributed by atoms with E-state index in [1.54, 1.807) is 25.2 Å². The van der Waals surface area contributed by atoms with Gasteiger partial charge in [-0.2, -0.15) is 0 Å². The third-order valence-corrected chi connectivity index (χ3v) is 8.99. The predicted octanol–water partition coefficient (Wildman–Crippen LogP) is 5.23. The Morgan fingerprint density at radius 3 is 2.70 bits per heavy atom. The highest BCUT2D eigenvalue weighted by atomic mass is 16.6. The van der Waals surface area contributed by atoms with Gasteiger partial charge in [0.1, 0.15) is 12.2 Å². The van der Waals surface area contributed by atoms with Crippen LogP contribution >= 0.6 is 0 Å². The quantitative estimate of drug-likeness (QED) is 0.164. The van der Waals surface area contributed by atoms with E-state index in [-0.39, 0.29) is 42.6 Å². The maximum absolute atomic E-state index is 13.1. The van der Waals surface area contributed by atoms with Crippen LogP contribution in [-0.2, 0) is 19.0 Å². The summed E-state index contributed by atoms with van der Waals surface area (Å²) >= 11 is 0. The number of cyclic esters (lactones) is 1. The fraction of sp³-hybridized carbons (Fsp3) is 0.714. The SMILES string of the molecule is C=C[C@H](CCC)OC(C)C[C@@](C)(O)/C=C/C=C(\C)[C@H]1OC(=O)CC(O)CC[C@H](C)[C@@H](OC(=O)N2C[C@H]3C[C@@H]2CN3)/C=C/[C@@H]1C. The van der Waals surface area contributed by atoms with Crippen LogP contribution in [0.15, 0.2) is 48.6 Å². The number of rotatable bonds is 11. The highest BCUT2D eigenvalue weighted by Crippen LogP contribution is 2.28. The Labute approximate surface area is 264 Å². The molecule has 2 saturated heterocycles. The molecule has 9 heteroatoms. The van der Waals surface area contributed by atoms with Crippen LogP contribution in [0.25, 0.3) is 0 Å². The van der Waals surface area contributed by atoms with Crippen molar-refractivity contribution in [1.29, 1.82) is 0 Å². The van der Waals surface area contributed by atoms with Gasteiger partial charge in [-0.3, -0.25) is 4.79 Å². The van der Waals surface area contributed by atoms with Crippen LogP contribution in [0.4, 0.5) is 4.79 Å². The van der Waals surface area contributed by atoms with E-state index in [4.69, 9.17) is 14.2 Å². The van der Waals surface area contributed by atoms with Crippen LogP contribution in [0, 0.1) is 11.8 Å². The maximum Gasteiger partial charge on any atom is 0.410 e. The smallest absolute Gasteiger partial charge is 0.410 e. The van der Waals surface area contributed by atoms with Crippen molar-refractivity contribution < 1.29 is 34.0 Å². The molecule has 2 bridgehead atoms. The molecule has 0 radical (unpaired) electrons. The second-order valence-corrected chi connectivity index (χ2v) is 13.4. The van der Waals surface area contributed by atoms with Crippen LogP contribution in [0.5, 0.6) is 0 Å². The Balaban J connectivity index is 1.72. The van der Waals surface area contributed by atoms with Gasteiger partial charge in [0.05, 0.1) is 30.3 Å². The number of allylic oxidation sites excluding steroid dienone is 2. The number of carbonyl (C=O) groups excluding carboxylic acids is 2. The molecule has 3 N–H and O–H groups in total. The molecule has 44 heavy (non-hydrogen) atoms. The number of likely N-dealkylation sites (tertiary alicyclic amines) is 1. The summed E-state index contributed by atoms with van der Waals surface area (Å²) in [7, 11) is 0. The Morgan fingerprint density at radius 1 is 1.32 bits per heavy atom. The number of hydrogen-bond acceptors (Lipinski definition) is 8. The van der Waals surface area contributed by atoms with Crippen molar-refractivity contribution in [2.24, 2.45) is 11.8 Å². The highest BCUT2D eigenvalue weighted by Gasteiger charge is 2.41. The van der Waals surface area contributed by atoms with Crippen molar-refractivity contribution in [3.63, 3.8) is 0 Å². The molecule has 2 unspecified atom stereocenters. The molecule has 0 aromatic carbocycles. The molecule has 3 aliphatic rings. The molecule has 0 spiro atoms. The molecule has 3 rings (SSSR count). The number of nitrogens with one attached hydrogen (secondary N) is 1. The number of aliphatic hydroxyl groups excluding tert-OH is 1. The van der Waals surface area contributed by atoms with Gasteiger partial charge in [-0.05, 0) is 64.0 Å². The first kappa shape index (κ1) is 36.0. The lowest BCUT2D eigenvalue weighted by molar-refractivity contribution is -0.151. The summed E-state index contributed by atoms with van der Waals surface area (Å²) in [5.41, 5.74) is -0.319. The van der Waals surface area contributed by atoms with E-state index in [0.29, 0.717) is 31.8 Å². The van der Waals surface area contributed by atoms with Crippen LogP contribution in [-0.4, -0.2) is 88.5 Å². The largest absolute Gasteiger partial charge is 0.457 e. The average Bonchev–Trinajstić information content (AvgIpc) is 3.59. The van der Waals surface area contributed by atoms with E-state index in [1.165, 1.54) is 0 Å². The highest BCUT2D eigenvalue weighted by molar-refractivity contribution is 5.70. The minimum absolute atomic E-state index is 0.0410. The lowest BCUT2D eigenvalue weighted by atomic mass is 9.92. The van der Waals surface area contributed by atoms with Gasteiger partial charge in [0, 0.05) is 37.5 Å². The molecule has 0 aromatic rings. The zero-order chi connectivity index (χ0) is 32.4. The predicted molar refractivity (Wildman–Crippen MR) is 172 cm³/mol. The van der Waals surface area contributed by atoms with E-state index in [0.717, 1.165) is 31.4 Å². The lowest BCUT2D eigenvalue weighted by Gasteiger charge is -2.31. The van der Waals surface area contributed by atoms with E-state index in [2.05, 4.69) is 18.8 Å². The molecule has 248 valence electrons. The molecule has 9 nitrogen and oxygen atoms in total. The molecular weight excluding hydrogens is 560 g/mol. The first-order valence-electron chi connectivity index (χ1n) is 16.4. The van der Waals surface area contributed by atoms with Gasteiger partial charge >= 0.3 is 12.1 Å². The van der Waals surface area contributed by atoms with Crippen molar-refractivity contribution in [2.45, 2.75) is 135 Å². The number of fused-ring (bicyclic) bond motifs is 2. The number of nitrogens with zero attached hydrogens (tertiary/aromatic N) is 1. The van der Waals surface area contributed by atoms with Crippen molar-refractivity contribution >= 4 is 12.1 Å². The lowest BCUT2D eigenvalue weighted by Crippen LogP contribution is -2.47. The van der Waals surface area contributed by atoms with E-state index < -0.39 is 29.9 Å². The molecular formula is C35H56N2O7. The molecule has 0 aliphatic carbocycles. The minimum Gasteiger partial charge on any atom is -0.457 e. The summed E-state index contributed by atoms with van der Waals surface area (Å²) in [5, 5.41) is 25.0. The number of ether oxygens (including phenoxy) is 3. The van der Waals surface area contributed by atoms with Crippen molar-refractivity contribution in [3.05, 3.63) is 48.6 Å². The summed E-state index contributed by atoms with van der Waals surface area (Å²) < 4.78 is 18.0. The molecule has 3 aliphatic heterocycles. The second kappa shape index (κ2) is 16.7. The van der Waals surface area contributed by atoms with Gasteiger partial charge in [-0.15, -0.1) is 6.58 Å². The first-order valence-corrected chi connectivity index (χ1v) is 16.4. The van der Waals surface area contributed by atoms with E-state index >= 15 is 0 Å². The number of hydrogen-bond donors (Lipinski definition) is 3. The standard InChI is InChI=1S/C35H56N2O7/c1-8-11-30(9-2)42-26(6)20-35(7,41)17-10-12-24(4)33-25(5)14-16-31(23(3)13-15-29(38)19-32(39)44-33)43-34(40)37-22-27-18-28(37)21-36-27/h9-10,12,14,16-17,23,25-31,33,36,38,41H,2,8,11,13,15,18-22H2,1,3-7H3/b16-14+,17-10+,24-12+/t23-,25-,26?,27+,28+,29?,30+,31-,33+,35-/m0/s1. The number of amides is 1. The number of carbonyl (C=O) groups is 2. The zero-order valence-electron chi connectivity index (χ0n) is 27.6. The zero-order valence-corrected chi connectivity index (χ0v) is 27.6. The monoisotopic (exact) mass is 616 g/mol. The average molecular weight is 617 g/mol. The summed E-state index contributed by atoms with van der Waals surface area (Å²) in [6.07, 6.45) is 12.7. The van der Waals surface area contributed by atoms with Crippen molar-refractivity contribution in [1.82, 2.24) is 10.2 Å². The Hall–Kier alpha value is -2.46. The van der Waals surface area contributed by atoms with Crippen LogP contribution in [0.1, 0.15) is 86.5 Å². The number of aliphatic hydroxyl groups is 2. The van der Waals surface area contributed by atoms with Gasteiger partial charge < -0.3 is 34.6 Å². The third-order valence-electron chi connectivity index (χ3n) is 8.99. The second-order valence-electron chi connectivity index (χ2n) is 13.4. The van der Waals surface area contributed by atoms with Crippen molar-refractivity contribution in [2.75, 3.05) is 13.1 Å². The van der Waals surface area contributed by atoms with Gasteiger partial charge in [0.2, 0.25) is 0 Å². The summed E-state index contributed by atoms with van der Waals surface area (Å²) in [6, 6.07) is 0.507. The fourth-order valence-corrected chi connectivity index (χ4v) is 6.44. The van der Waals surface area contributed by atoms with Crippen LogP contribution < -0.4 is 5.32 Å². The fourth-order valence-electron chi connectivity index (χ4n) is 6.44. The summed E-state index contributed by atoms with van der Waals surface area (Å²) in [5.74, 6) is -0.736. The van der Waals surface area contributed by atoms with E-state index in [1.807, 2.05) is 50.8 Å². The summed E-state index contributed by atoms with van der Waals surface area (Å²) in [4.78, 5) is 27.7. The minimum atomic E-state index is -1.11. The Kier molecular flexibility index (Phi) is 13.7. The number of esters is 1. The first-order chi connectivity index (χ1) is 20.8. The maximum atomic E-state index is 13.1. The van der Waals surface area contributed by atoms with Gasteiger partial charge in [-0.1, -0.05) is 57.6 Å². The molecule has 3 heterocycles. The summed E-state index contributed by atoms with van der Waals surface area (Å²) in [6.45, 7) is 16.9. The third kappa shape index (κ3) is 10.9. The topological polar surface area (TPSA) is 118 Å². The van der Waals surface area contributed by atoms with Gasteiger partial charge in [0.15, 0.2) is 0 Å². The normalized spacial score (nSPS) is 33.5. The van der Waals surface area contributed by atoms with Crippen LogP contribution in [0.2, 0.25) is 0 Å². The van der Waals surface area contributed by atoms with Gasteiger partial charge in [0.25, 0.3) is 0 Å². The molecule has 1 amide bonds. The van der Waals surface area contributed by atoms with Gasteiger partial charge in [-0.25, -0.2) is 4.79 Å². The van der Waals surface area contributed by atoms with E-state index in [9.17, 15) is 19.8 Å². The molecule has 10 atom stereocenters.